The van der Waals surface area contributed by atoms with Gasteiger partial charge >= 0.3 is 0 Å². The van der Waals surface area contributed by atoms with Crippen LogP contribution in [0.15, 0.2) is 65.8 Å². The van der Waals surface area contributed by atoms with Gasteiger partial charge in [-0.05, 0) is 74.2 Å². The Morgan fingerprint density at radius 3 is 2.52 bits per heavy atom. The molecule has 0 atom stereocenters. The molecule has 0 spiro atoms. The summed E-state index contributed by atoms with van der Waals surface area (Å²) in [5, 5.41) is 3.86. The standard InChI is InChI=1S/C26H27N3OS/c1-17-9-10-19(3)21(13-17)15-29-24-8-6-5-7-23(24)28-26(29)31-16-25(30)27-22-12-11-18(2)20(4)14-22/h5-14H,15-16H2,1-4H3,(H,27,30). The van der Waals surface area contributed by atoms with Crippen LogP contribution in [0.4, 0.5) is 5.69 Å². The van der Waals surface area contributed by atoms with Crippen LogP contribution < -0.4 is 5.32 Å². The number of hydrogen-bond donors (Lipinski definition) is 1. The predicted octanol–water partition coefficient (Wildman–Crippen LogP) is 6.05. The summed E-state index contributed by atoms with van der Waals surface area (Å²) >= 11 is 1.48. The molecule has 1 N–H and O–H groups in total. The minimum atomic E-state index is -0.0291. The van der Waals surface area contributed by atoms with Gasteiger partial charge in [-0.2, -0.15) is 0 Å². The Morgan fingerprint density at radius 1 is 0.935 bits per heavy atom. The average molecular weight is 430 g/mol. The summed E-state index contributed by atoms with van der Waals surface area (Å²) < 4.78 is 2.21. The van der Waals surface area contributed by atoms with E-state index in [2.05, 4.69) is 61.8 Å². The van der Waals surface area contributed by atoms with E-state index in [1.54, 1.807) is 0 Å². The van der Waals surface area contributed by atoms with Crippen molar-refractivity contribution in [2.75, 3.05) is 11.1 Å². The van der Waals surface area contributed by atoms with Gasteiger partial charge in [0.15, 0.2) is 5.16 Å². The number of rotatable bonds is 6. The molecule has 0 aliphatic rings. The van der Waals surface area contributed by atoms with Crippen LogP contribution in [0.1, 0.15) is 27.8 Å². The lowest BCUT2D eigenvalue weighted by molar-refractivity contribution is -0.113. The molecule has 0 fully saturated rings. The highest BCUT2D eigenvalue weighted by Crippen LogP contribution is 2.26. The normalized spacial score (nSPS) is 11.1. The number of anilines is 1. The van der Waals surface area contributed by atoms with Crippen molar-refractivity contribution in [3.8, 4) is 0 Å². The second-order valence-electron chi connectivity index (χ2n) is 8.04. The van der Waals surface area contributed by atoms with E-state index in [9.17, 15) is 4.79 Å². The van der Waals surface area contributed by atoms with Crippen molar-refractivity contribution in [1.29, 1.82) is 0 Å². The molecule has 31 heavy (non-hydrogen) atoms. The largest absolute Gasteiger partial charge is 0.325 e. The summed E-state index contributed by atoms with van der Waals surface area (Å²) in [5.74, 6) is 0.279. The lowest BCUT2D eigenvalue weighted by Crippen LogP contribution is -2.15. The van der Waals surface area contributed by atoms with Crippen molar-refractivity contribution in [1.82, 2.24) is 9.55 Å². The van der Waals surface area contributed by atoms with Crippen LogP contribution in [0.5, 0.6) is 0 Å². The van der Waals surface area contributed by atoms with Gasteiger partial charge < -0.3 is 9.88 Å². The molecule has 3 aromatic carbocycles. The molecule has 0 saturated heterocycles. The number of aromatic nitrogens is 2. The molecule has 0 aliphatic heterocycles. The van der Waals surface area contributed by atoms with Gasteiger partial charge in [-0.3, -0.25) is 4.79 Å². The monoisotopic (exact) mass is 429 g/mol. The first-order valence-corrected chi connectivity index (χ1v) is 11.4. The van der Waals surface area contributed by atoms with Crippen molar-refractivity contribution in [3.05, 3.63) is 88.5 Å². The zero-order chi connectivity index (χ0) is 22.0. The fourth-order valence-electron chi connectivity index (χ4n) is 3.60. The van der Waals surface area contributed by atoms with Crippen LogP contribution in [0.25, 0.3) is 11.0 Å². The first kappa shape index (κ1) is 21.2. The summed E-state index contributed by atoms with van der Waals surface area (Å²) in [6.07, 6.45) is 0. The smallest absolute Gasteiger partial charge is 0.234 e. The maximum atomic E-state index is 12.6. The Bertz CT molecular complexity index is 1260. The summed E-state index contributed by atoms with van der Waals surface area (Å²) in [4.78, 5) is 17.4. The third kappa shape index (κ3) is 4.83. The van der Waals surface area contributed by atoms with Gasteiger partial charge in [0.2, 0.25) is 5.91 Å². The van der Waals surface area contributed by atoms with Gasteiger partial charge in [0.05, 0.1) is 23.3 Å². The second-order valence-corrected chi connectivity index (χ2v) is 8.98. The Hall–Kier alpha value is -3.05. The van der Waals surface area contributed by atoms with Crippen LogP contribution in [0, 0.1) is 27.7 Å². The maximum Gasteiger partial charge on any atom is 0.234 e. The molecule has 4 nitrogen and oxygen atoms in total. The second kappa shape index (κ2) is 8.98. The van der Waals surface area contributed by atoms with Crippen LogP contribution in [0.3, 0.4) is 0 Å². The highest BCUT2D eigenvalue weighted by molar-refractivity contribution is 7.99. The molecular formula is C26H27N3OS. The summed E-state index contributed by atoms with van der Waals surface area (Å²) in [7, 11) is 0. The van der Waals surface area contributed by atoms with Crippen molar-refractivity contribution in [2.24, 2.45) is 0 Å². The van der Waals surface area contributed by atoms with E-state index >= 15 is 0 Å². The quantitative estimate of drug-likeness (QED) is 0.380. The van der Waals surface area contributed by atoms with Gasteiger partial charge in [0.25, 0.3) is 0 Å². The third-order valence-electron chi connectivity index (χ3n) is 5.58. The molecule has 0 bridgehead atoms. The van der Waals surface area contributed by atoms with Gasteiger partial charge in [0.1, 0.15) is 0 Å². The van der Waals surface area contributed by atoms with Crippen LogP contribution >= 0.6 is 11.8 Å². The van der Waals surface area contributed by atoms with Gasteiger partial charge in [-0.15, -0.1) is 0 Å². The highest BCUT2D eigenvalue weighted by atomic mass is 32.2. The number of fused-ring (bicyclic) bond motifs is 1. The molecule has 0 aliphatic carbocycles. The van der Waals surface area contributed by atoms with Gasteiger partial charge in [-0.25, -0.2) is 4.98 Å². The fourth-order valence-corrected chi connectivity index (χ4v) is 4.42. The summed E-state index contributed by atoms with van der Waals surface area (Å²) in [5.41, 5.74) is 9.01. The Labute approximate surface area is 187 Å². The molecule has 0 radical (unpaired) electrons. The van der Waals surface area contributed by atoms with E-state index < -0.39 is 0 Å². The topological polar surface area (TPSA) is 46.9 Å². The number of amides is 1. The Kier molecular flexibility index (Phi) is 6.14. The van der Waals surface area contributed by atoms with Crippen molar-refractivity contribution >= 4 is 34.4 Å². The van der Waals surface area contributed by atoms with Crippen molar-refractivity contribution < 1.29 is 4.79 Å². The van der Waals surface area contributed by atoms with Crippen LogP contribution in [-0.2, 0) is 11.3 Å². The molecule has 1 aromatic heterocycles. The Balaban J connectivity index is 1.55. The molecule has 5 heteroatoms. The van der Waals surface area contributed by atoms with E-state index in [1.807, 2.05) is 36.4 Å². The molecular weight excluding hydrogens is 402 g/mol. The number of aryl methyl sites for hydroxylation is 4. The number of thioether (sulfide) groups is 1. The fraction of sp³-hybridized carbons (Fsp3) is 0.231. The molecule has 1 heterocycles. The van der Waals surface area contributed by atoms with E-state index in [1.165, 1.54) is 39.6 Å². The minimum Gasteiger partial charge on any atom is -0.325 e. The molecule has 1 amide bonds. The van der Waals surface area contributed by atoms with Crippen LogP contribution in [0.2, 0.25) is 0 Å². The van der Waals surface area contributed by atoms with E-state index in [0.717, 1.165) is 28.4 Å². The molecule has 158 valence electrons. The lowest BCUT2D eigenvalue weighted by atomic mass is 10.1. The molecule has 0 unspecified atom stereocenters. The predicted molar refractivity (Wildman–Crippen MR) is 130 cm³/mol. The first-order chi connectivity index (χ1) is 14.9. The van der Waals surface area contributed by atoms with Gasteiger partial charge in [0, 0.05) is 5.69 Å². The number of nitrogens with one attached hydrogen (secondary N) is 1. The zero-order valence-electron chi connectivity index (χ0n) is 18.4. The van der Waals surface area contributed by atoms with E-state index in [-0.39, 0.29) is 5.91 Å². The molecule has 4 rings (SSSR count). The maximum absolute atomic E-state index is 12.6. The average Bonchev–Trinajstić information content (AvgIpc) is 3.09. The number of benzene rings is 3. The van der Waals surface area contributed by atoms with Crippen molar-refractivity contribution in [3.63, 3.8) is 0 Å². The van der Waals surface area contributed by atoms with Gasteiger partial charge in [-0.1, -0.05) is 53.7 Å². The third-order valence-corrected chi connectivity index (χ3v) is 6.55. The highest BCUT2D eigenvalue weighted by Gasteiger charge is 2.14. The number of imidazole rings is 1. The number of carbonyl (C=O) groups is 1. The number of nitrogens with zero attached hydrogens (tertiary/aromatic N) is 2. The lowest BCUT2D eigenvalue weighted by Gasteiger charge is -2.12. The van der Waals surface area contributed by atoms with E-state index in [4.69, 9.17) is 4.98 Å². The number of para-hydroxylation sites is 2. The van der Waals surface area contributed by atoms with Crippen molar-refractivity contribution in [2.45, 2.75) is 39.4 Å². The molecule has 4 aromatic rings. The first-order valence-electron chi connectivity index (χ1n) is 10.4. The van der Waals surface area contributed by atoms with E-state index in [0.29, 0.717) is 5.75 Å². The minimum absolute atomic E-state index is 0.0291. The molecule has 0 saturated carbocycles. The summed E-state index contributed by atoms with van der Waals surface area (Å²) in [6.45, 7) is 9.10. The number of hydrogen-bond acceptors (Lipinski definition) is 3. The summed E-state index contributed by atoms with van der Waals surface area (Å²) in [6, 6.07) is 20.6. The van der Waals surface area contributed by atoms with Crippen LogP contribution in [-0.4, -0.2) is 21.2 Å². The zero-order valence-corrected chi connectivity index (χ0v) is 19.2. The SMILES string of the molecule is Cc1ccc(C)c(Cn2c(SCC(=O)Nc3ccc(C)c(C)c3)nc3ccccc32)c1. The number of carbonyl (C=O) groups excluding carboxylic acids is 1. The Morgan fingerprint density at radius 2 is 1.71 bits per heavy atom.